The topological polar surface area (TPSA) is 60.9 Å². The van der Waals surface area contributed by atoms with Crippen LogP contribution in [0.15, 0.2) is 0 Å². The van der Waals surface area contributed by atoms with Crippen LogP contribution < -0.4 is 0 Å². The molecule has 1 aliphatic carbocycles. The Morgan fingerprint density at radius 1 is 1.25 bits per heavy atom. The SMILES string of the molecule is CC1C[C@H](C(=O)N(C)C2CCCN(C)C2)[C@H](C(=O)O)C1. The molecule has 0 radical (unpaired) electrons. The van der Waals surface area contributed by atoms with Crippen molar-refractivity contribution in [1.29, 1.82) is 0 Å². The maximum atomic E-state index is 12.7. The summed E-state index contributed by atoms with van der Waals surface area (Å²) in [5.74, 6) is -1.29. The van der Waals surface area contributed by atoms with Gasteiger partial charge in [-0.05, 0) is 45.2 Å². The molecule has 5 heteroatoms. The predicted octanol–water partition coefficient (Wildman–Crippen LogP) is 1.29. The molecule has 1 amide bonds. The average Bonchev–Trinajstić information content (AvgIpc) is 2.79. The van der Waals surface area contributed by atoms with Crippen molar-refractivity contribution in [3.8, 4) is 0 Å². The lowest BCUT2D eigenvalue weighted by atomic mass is 9.93. The van der Waals surface area contributed by atoms with E-state index in [9.17, 15) is 14.7 Å². The van der Waals surface area contributed by atoms with E-state index in [1.165, 1.54) is 0 Å². The molecule has 1 aliphatic heterocycles. The maximum absolute atomic E-state index is 12.7. The molecule has 1 saturated carbocycles. The summed E-state index contributed by atoms with van der Waals surface area (Å²) in [6.45, 7) is 4.01. The lowest BCUT2D eigenvalue weighted by molar-refractivity contribution is -0.149. The number of nitrogens with zero attached hydrogens (tertiary/aromatic N) is 2. The van der Waals surface area contributed by atoms with Gasteiger partial charge < -0.3 is 14.9 Å². The van der Waals surface area contributed by atoms with Crippen molar-refractivity contribution < 1.29 is 14.7 Å². The van der Waals surface area contributed by atoms with Gasteiger partial charge in [-0.3, -0.25) is 9.59 Å². The molecule has 2 rings (SSSR count). The van der Waals surface area contributed by atoms with Crippen LogP contribution >= 0.6 is 0 Å². The van der Waals surface area contributed by atoms with Crippen LogP contribution in [0.4, 0.5) is 0 Å². The van der Waals surface area contributed by atoms with Gasteiger partial charge in [0.05, 0.1) is 11.8 Å². The molecule has 1 N–H and O–H groups in total. The van der Waals surface area contributed by atoms with Crippen molar-refractivity contribution in [3.05, 3.63) is 0 Å². The van der Waals surface area contributed by atoms with Gasteiger partial charge in [-0.25, -0.2) is 0 Å². The third-order valence-electron chi connectivity index (χ3n) is 4.93. The molecule has 0 bridgehead atoms. The fraction of sp³-hybridized carbons (Fsp3) is 0.867. The summed E-state index contributed by atoms with van der Waals surface area (Å²) in [5, 5.41) is 9.31. The van der Waals surface area contributed by atoms with Gasteiger partial charge in [-0.1, -0.05) is 6.92 Å². The second kappa shape index (κ2) is 6.12. The van der Waals surface area contributed by atoms with Crippen LogP contribution in [0, 0.1) is 17.8 Å². The van der Waals surface area contributed by atoms with Crippen molar-refractivity contribution in [2.24, 2.45) is 17.8 Å². The fourth-order valence-electron chi connectivity index (χ4n) is 3.73. The van der Waals surface area contributed by atoms with E-state index in [2.05, 4.69) is 11.9 Å². The van der Waals surface area contributed by atoms with E-state index in [4.69, 9.17) is 0 Å². The number of carbonyl (C=O) groups is 2. The van der Waals surface area contributed by atoms with E-state index in [1.807, 2.05) is 18.9 Å². The number of carbonyl (C=O) groups excluding carboxylic acids is 1. The summed E-state index contributed by atoms with van der Waals surface area (Å²) in [6.07, 6.45) is 3.46. The standard InChI is InChI=1S/C15H26N2O3/c1-10-7-12(13(8-10)15(19)20)14(18)17(3)11-5-4-6-16(2)9-11/h10-13H,4-9H2,1-3H3,(H,19,20)/t10?,11?,12-,13+/m0/s1. The molecule has 20 heavy (non-hydrogen) atoms. The minimum atomic E-state index is -0.818. The molecule has 0 aromatic rings. The van der Waals surface area contributed by atoms with Crippen molar-refractivity contribution in [3.63, 3.8) is 0 Å². The van der Waals surface area contributed by atoms with Gasteiger partial charge in [0, 0.05) is 19.6 Å². The van der Waals surface area contributed by atoms with Gasteiger partial charge in [0.25, 0.3) is 0 Å². The van der Waals surface area contributed by atoms with Gasteiger partial charge in [0.1, 0.15) is 0 Å². The van der Waals surface area contributed by atoms with E-state index in [0.29, 0.717) is 18.8 Å². The highest BCUT2D eigenvalue weighted by molar-refractivity contribution is 5.85. The van der Waals surface area contributed by atoms with Crippen LogP contribution in [-0.2, 0) is 9.59 Å². The number of amides is 1. The number of hydrogen-bond acceptors (Lipinski definition) is 3. The predicted molar refractivity (Wildman–Crippen MR) is 76.3 cm³/mol. The van der Waals surface area contributed by atoms with Crippen LogP contribution in [0.5, 0.6) is 0 Å². The first-order valence-electron chi connectivity index (χ1n) is 7.58. The lowest BCUT2D eigenvalue weighted by Crippen LogP contribution is -2.49. The quantitative estimate of drug-likeness (QED) is 0.847. The van der Waals surface area contributed by atoms with Gasteiger partial charge >= 0.3 is 5.97 Å². The number of likely N-dealkylation sites (tertiary alicyclic amines) is 1. The summed E-state index contributed by atoms with van der Waals surface area (Å²) in [4.78, 5) is 28.0. The van der Waals surface area contributed by atoms with Gasteiger partial charge in [0.2, 0.25) is 5.91 Å². The first-order chi connectivity index (χ1) is 9.40. The Morgan fingerprint density at radius 3 is 2.50 bits per heavy atom. The Balaban J connectivity index is 2.03. The maximum Gasteiger partial charge on any atom is 0.307 e. The molecule has 2 unspecified atom stereocenters. The Labute approximate surface area is 120 Å². The normalized spacial score (nSPS) is 35.0. The van der Waals surface area contributed by atoms with Gasteiger partial charge in [-0.15, -0.1) is 0 Å². The number of piperidine rings is 1. The van der Waals surface area contributed by atoms with E-state index < -0.39 is 11.9 Å². The van der Waals surface area contributed by atoms with Crippen LogP contribution in [0.25, 0.3) is 0 Å². The molecule has 1 heterocycles. The molecule has 0 spiro atoms. The molecule has 2 aliphatic rings. The van der Waals surface area contributed by atoms with E-state index in [1.54, 1.807) is 0 Å². The zero-order chi connectivity index (χ0) is 14.9. The highest BCUT2D eigenvalue weighted by Crippen LogP contribution is 2.37. The number of carboxylic acid groups (broad SMARTS) is 1. The van der Waals surface area contributed by atoms with Crippen LogP contribution in [-0.4, -0.2) is 60.0 Å². The third-order valence-corrected chi connectivity index (χ3v) is 4.93. The zero-order valence-corrected chi connectivity index (χ0v) is 12.7. The number of aliphatic carboxylic acids is 1. The third kappa shape index (κ3) is 3.14. The second-order valence-corrected chi connectivity index (χ2v) is 6.64. The first-order valence-corrected chi connectivity index (χ1v) is 7.58. The summed E-state index contributed by atoms with van der Waals surface area (Å²) in [7, 11) is 3.91. The Hall–Kier alpha value is -1.10. The van der Waals surface area contributed by atoms with E-state index >= 15 is 0 Å². The monoisotopic (exact) mass is 282 g/mol. The zero-order valence-electron chi connectivity index (χ0n) is 12.7. The average molecular weight is 282 g/mol. The van der Waals surface area contributed by atoms with E-state index in [0.717, 1.165) is 25.9 Å². The molecule has 4 atom stereocenters. The lowest BCUT2D eigenvalue weighted by Gasteiger charge is -2.37. The highest BCUT2D eigenvalue weighted by atomic mass is 16.4. The molecule has 5 nitrogen and oxygen atoms in total. The molecule has 114 valence electrons. The van der Waals surface area contributed by atoms with Crippen LogP contribution in [0.3, 0.4) is 0 Å². The Kier molecular flexibility index (Phi) is 4.68. The molecule has 2 fully saturated rings. The van der Waals surface area contributed by atoms with Crippen LogP contribution in [0.1, 0.15) is 32.6 Å². The Morgan fingerprint density at radius 2 is 1.90 bits per heavy atom. The molecular weight excluding hydrogens is 256 g/mol. The van der Waals surface area contributed by atoms with Crippen molar-refractivity contribution >= 4 is 11.9 Å². The summed E-state index contributed by atoms with van der Waals surface area (Å²) in [5.41, 5.74) is 0. The summed E-state index contributed by atoms with van der Waals surface area (Å²) in [6, 6.07) is 0.228. The minimum absolute atomic E-state index is 0.0297. The summed E-state index contributed by atoms with van der Waals surface area (Å²) >= 11 is 0. The minimum Gasteiger partial charge on any atom is -0.481 e. The molecule has 0 aromatic carbocycles. The number of likely N-dealkylation sites (N-methyl/N-ethyl adjacent to an activating group) is 2. The second-order valence-electron chi connectivity index (χ2n) is 6.64. The highest BCUT2D eigenvalue weighted by Gasteiger charge is 2.43. The smallest absolute Gasteiger partial charge is 0.307 e. The van der Waals surface area contributed by atoms with Crippen molar-refractivity contribution in [2.45, 2.75) is 38.6 Å². The first kappa shape index (κ1) is 15.3. The van der Waals surface area contributed by atoms with Crippen molar-refractivity contribution in [1.82, 2.24) is 9.80 Å². The number of carboxylic acids is 1. The fourth-order valence-corrected chi connectivity index (χ4v) is 3.73. The van der Waals surface area contributed by atoms with Gasteiger partial charge in [-0.2, -0.15) is 0 Å². The molecule has 0 aromatic heterocycles. The van der Waals surface area contributed by atoms with Crippen molar-refractivity contribution in [2.75, 3.05) is 27.2 Å². The van der Waals surface area contributed by atoms with Gasteiger partial charge in [0.15, 0.2) is 0 Å². The molecular formula is C15H26N2O3. The Bertz CT molecular complexity index is 385. The summed E-state index contributed by atoms with van der Waals surface area (Å²) < 4.78 is 0. The van der Waals surface area contributed by atoms with Crippen LogP contribution in [0.2, 0.25) is 0 Å². The number of hydrogen-bond donors (Lipinski definition) is 1. The number of rotatable bonds is 3. The largest absolute Gasteiger partial charge is 0.481 e. The molecule has 1 saturated heterocycles. The van der Waals surface area contributed by atoms with E-state index in [-0.39, 0.29) is 17.9 Å².